The molecule has 11 nitrogen and oxygen atoms in total. The third-order valence-corrected chi connectivity index (χ3v) is 5.19. The Labute approximate surface area is 202 Å². The van der Waals surface area contributed by atoms with Gasteiger partial charge >= 0.3 is 5.97 Å². The van der Waals surface area contributed by atoms with Crippen LogP contribution in [0.15, 0.2) is 54.6 Å². The Balaban J connectivity index is 2.08. The maximum Gasteiger partial charge on any atom is 0.328 e. The molecule has 0 fully saturated rings. The van der Waals surface area contributed by atoms with Crippen molar-refractivity contribution in [3.63, 3.8) is 0 Å². The number of nitrogens with one attached hydrogen (secondary N) is 3. The Morgan fingerprint density at radius 3 is 1.94 bits per heavy atom. The van der Waals surface area contributed by atoms with Crippen LogP contribution in [0.25, 0.3) is 0 Å². The molecular formula is C24H30N4O7. The molecule has 0 saturated carbocycles. The third-order valence-electron chi connectivity index (χ3n) is 5.19. The number of hydrogen-bond acceptors (Lipinski definition) is 7. The monoisotopic (exact) mass is 486 g/mol. The summed E-state index contributed by atoms with van der Waals surface area (Å²) in [6, 6.07) is 10.4. The van der Waals surface area contributed by atoms with Crippen LogP contribution in [0.1, 0.15) is 18.1 Å². The minimum absolute atomic E-state index is 0.0817. The number of phenols is 1. The summed E-state index contributed by atoms with van der Waals surface area (Å²) in [5.74, 6) is -3.40. The number of rotatable bonds is 12. The van der Waals surface area contributed by atoms with Crippen molar-refractivity contribution in [2.75, 3.05) is 6.61 Å². The molecule has 0 saturated heterocycles. The van der Waals surface area contributed by atoms with E-state index in [1.165, 1.54) is 19.1 Å². The van der Waals surface area contributed by atoms with E-state index in [2.05, 4.69) is 16.0 Å². The molecule has 4 atom stereocenters. The molecule has 0 aliphatic carbocycles. The van der Waals surface area contributed by atoms with Gasteiger partial charge in [-0.3, -0.25) is 14.4 Å². The van der Waals surface area contributed by atoms with E-state index in [0.29, 0.717) is 0 Å². The number of hydrogen-bond donors (Lipinski definition) is 7. The van der Waals surface area contributed by atoms with E-state index < -0.39 is 54.5 Å². The summed E-state index contributed by atoms with van der Waals surface area (Å²) in [5, 5.41) is 34.6. The lowest BCUT2D eigenvalue weighted by molar-refractivity contribution is -0.143. The zero-order valence-electron chi connectivity index (χ0n) is 19.2. The minimum atomic E-state index is -1.51. The number of aromatic hydroxyl groups is 1. The molecule has 0 aliphatic heterocycles. The van der Waals surface area contributed by atoms with Crippen molar-refractivity contribution >= 4 is 23.7 Å². The molecule has 2 rings (SSSR count). The van der Waals surface area contributed by atoms with Crippen molar-refractivity contribution in [3.8, 4) is 5.75 Å². The van der Waals surface area contributed by atoms with Crippen LogP contribution in [0.4, 0.5) is 0 Å². The molecule has 2 aromatic carbocycles. The van der Waals surface area contributed by atoms with Crippen LogP contribution in [-0.4, -0.2) is 69.8 Å². The van der Waals surface area contributed by atoms with E-state index in [9.17, 15) is 24.3 Å². The summed E-state index contributed by atoms with van der Waals surface area (Å²) in [7, 11) is 0. The van der Waals surface area contributed by atoms with Crippen molar-refractivity contribution in [2.24, 2.45) is 5.73 Å². The second kappa shape index (κ2) is 13.1. The van der Waals surface area contributed by atoms with Gasteiger partial charge in [-0.25, -0.2) is 4.79 Å². The van der Waals surface area contributed by atoms with Gasteiger partial charge in [0.2, 0.25) is 17.7 Å². The van der Waals surface area contributed by atoms with E-state index >= 15 is 0 Å². The SMILES string of the molecule is CC(NC(=O)C(Cc1ccccc1)NC(=O)C(N)Cc1ccc(O)cc1)C(=O)NC(CO)C(=O)O. The fourth-order valence-corrected chi connectivity index (χ4v) is 3.18. The number of aliphatic carboxylic acids is 1. The second-order valence-corrected chi connectivity index (χ2v) is 8.04. The highest BCUT2D eigenvalue weighted by molar-refractivity contribution is 5.94. The summed E-state index contributed by atoms with van der Waals surface area (Å²) in [4.78, 5) is 49.0. The number of carbonyl (C=O) groups excluding carboxylic acids is 3. The van der Waals surface area contributed by atoms with Gasteiger partial charge in [0.25, 0.3) is 0 Å². The molecule has 0 spiro atoms. The van der Waals surface area contributed by atoms with Gasteiger partial charge in [0.15, 0.2) is 0 Å². The average molecular weight is 487 g/mol. The minimum Gasteiger partial charge on any atom is -0.508 e. The highest BCUT2D eigenvalue weighted by Crippen LogP contribution is 2.11. The molecule has 11 heteroatoms. The lowest BCUT2D eigenvalue weighted by atomic mass is 10.0. The molecule has 8 N–H and O–H groups in total. The highest BCUT2D eigenvalue weighted by atomic mass is 16.4. The van der Waals surface area contributed by atoms with Crippen LogP contribution in [0, 0.1) is 0 Å². The molecule has 0 radical (unpaired) electrons. The van der Waals surface area contributed by atoms with Crippen LogP contribution in [-0.2, 0) is 32.0 Å². The topological polar surface area (TPSA) is 191 Å². The Kier molecular flexibility index (Phi) is 10.2. The molecular weight excluding hydrogens is 456 g/mol. The second-order valence-electron chi connectivity index (χ2n) is 8.04. The Bertz CT molecular complexity index is 1010. The van der Waals surface area contributed by atoms with E-state index in [1.807, 2.05) is 0 Å². The normalized spacial score (nSPS) is 14.1. The maximum absolute atomic E-state index is 13.0. The van der Waals surface area contributed by atoms with Crippen molar-refractivity contribution in [1.82, 2.24) is 16.0 Å². The molecule has 4 unspecified atom stereocenters. The van der Waals surface area contributed by atoms with Gasteiger partial charge in [-0.15, -0.1) is 0 Å². The molecule has 35 heavy (non-hydrogen) atoms. The van der Waals surface area contributed by atoms with Gasteiger partial charge in [0.1, 0.15) is 23.9 Å². The van der Waals surface area contributed by atoms with Gasteiger partial charge in [-0.2, -0.15) is 0 Å². The van der Waals surface area contributed by atoms with Crippen LogP contribution in [0.5, 0.6) is 5.75 Å². The Morgan fingerprint density at radius 1 is 0.800 bits per heavy atom. The smallest absolute Gasteiger partial charge is 0.328 e. The van der Waals surface area contributed by atoms with E-state index in [4.69, 9.17) is 15.9 Å². The lowest BCUT2D eigenvalue weighted by Crippen LogP contribution is -2.57. The van der Waals surface area contributed by atoms with Gasteiger partial charge in [0.05, 0.1) is 12.6 Å². The van der Waals surface area contributed by atoms with Gasteiger partial charge in [-0.1, -0.05) is 42.5 Å². The fourth-order valence-electron chi connectivity index (χ4n) is 3.18. The number of aliphatic hydroxyl groups is 1. The van der Waals surface area contributed by atoms with Crippen LogP contribution >= 0.6 is 0 Å². The number of aliphatic hydroxyl groups excluding tert-OH is 1. The molecule has 0 heterocycles. The fraction of sp³-hybridized carbons (Fsp3) is 0.333. The van der Waals surface area contributed by atoms with E-state index in [0.717, 1.165) is 11.1 Å². The van der Waals surface area contributed by atoms with Gasteiger partial charge < -0.3 is 37.0 Å². The van der Waals surface area contributed by atoms with Crippen molar-refractivity contribution < 1.29 is 34.5 Å². The predicted octanol–water partition coefficient (Wildman–Crippen LogP) is -0.944. The van der Waals surface area contributed by atoms with Crippen LogP contribution in [0.2, 0.25) is 0 Å². The standard InChI is InChI=1S/C24H30N4O7/c1-14(21(31)28-20(13-29)24(34)35)26-23(33)19(12-15-5-3-2-4-6-15)27-22(32)18(25)11-16-7-9-17(30)10-8-16/h2-10,14,18-20,29-30H,11-13,25H2,1H3,(H,26,33)(H,27,32)(H,28,31)(H,34,35). The number of benzene rings is 2. The number of phenolic OH excluding ortho intramolecular Hbond substituents is 1. The summed E-state index contributed by atoms with van der Waals surface area (Å²) in [6.45, 7) is 0.537. The third kappa shape index (κ3) is 8.72. The Hall–Kier alpha value is -3.96. The van der Waals surface area contributed by atoms with Crippen LogP contribution in [0.3, 0.4) is 0 Å². The molecule has 3 amide bonds. The molecule has 188 valence electrons. The van der Waals surface area contributed by atoms with Gasteiger partial charge in [-0.05, 0) is 36.6 Å². The predicted molar refractivity (Wildman–Crippen MR) is 126 cm³/mol. The number of carboxylic acid groups (broad SMARTS) is 1. The summed E-state index contributed by atoms with van der Waals surface area (Å²) >= 11 is 0. The average Bonchev–Trinajstić information content (AvgIpc) is 2.83. The zero-order valence-corrected chi connectivity index (χ0v) is 19.2. The van der Waals surface area contributed by atoms with E-state index in [1.54, 1.807) is 42.5 Å². The number of carbonyl (C=O) groups is 4. The maximum atomic E-state index is 13.0. The van der Waals surface area contributed by atoms with E-state index in [-0.39, 0.29) is 18.6 Å². The number of nitrogens with two attached hydrogens (primary N) is 1. The summed E-state index contributed by atoms with van der Waals surface area (Å²) in [5.41, 5.74) is 7.50. The Morgan fingerprint density at radius 2 is 1.37 bits per heavy atom. The molecule has 0 bridgehead atoms. The molecule has 2 aromatic rings. The van der Waals surface area contributed by atoms with Gasteiger partial charge in [0, 0.05) is 6.42 Å². The van der Waals surface area contributed by atoms with Crippen molar-refractivity contribution in [1.29, 1.82) is 0 Å². The number of carboxylic acids is 1. The van der Waals surface area contributed by atoms with Crippen LogP contribution < -0.4 is 21.7 Å². The quantitative estimate of drug-likeness (QED) is 0.200. The zero-order chi connectivity index (χ0) is 26.0. The highest BCUT2D eigenvalue weighted by Gasteiger charge is 2.28. The summed E-state index contributed by atoms with van der Waals surface area (Å²) < 4.78 is 0. The summed E-state index contributed by atoms with van der Waals surface area (Å²) in [6.07, 6.45) is 0.287. The first-order valence-electron chi connectivity index (χ1n) is 10.9. The van der Waals surface area contributed by atoms with Crippen molar-refractivity contribution in [2.45, 2.75) is 43.9 Å². The largest absolute Gasteiger partial charge is 0.508 e. The first-order valence-corrected chi connectivity index (χ1v) is 10.9. The molecule has 0 aliphatic rings. The lowest BCUT2D eigenvalue weighted by Gasteiger charge is -2.23. The first kappa shape index (κ1) is 27.3. The first-order chi connectivity index (χ1) is 16.6. The molecule has 0 aromatic heterocycles. The van der Waals surface area contributed by atoms with Crippen molar-refractivity contribution in [3.05, 3.63) is 65.7 Å². The number of amides is 3.